The Balaban J connectivity index is 1.58. The average molecular weight is 468 g/mol. The molecule has 0 saturated carbocycles. The number of rotatable bonds is 6. The number of aromatic nitrogens is 2. The van der Waals surface area contributed by atoms with Crippen LogP contribution in [0, 0.1) is 0 Å². The van der Waals surface area contributed by atoms with E-state index in [2.05, 4.69) is 10.3 Å². The molecule has 1 atom stereocenters. The highest BCUT2D eigenvalue weighted by Crippen LogP contribution is 2.34. The monoisotopic (exact) mass is 467 g/mol. The molecular formula is C24H19Cl2N3OS. The van der Waals surface area contributed by atoms with Crippen LogP contribution in [0.5, 0.6) is 0 Å². The highest BCUT2D eigenvalue weighted by atomic mass is 35.5. The molecule has 2 N–H and O–H groups in total. The number of carbonyl (C=O) groups excluding carboxylic acids is 1. The summed E-state index contributed by atoms with van der Waals surface area (Å²) in [7, 11) is 0. The quantitative estimate of drug-likeness (QED) is 0.295. The third-order valence-corrected chi connectivity index (χ3v) is 6.00. The second-order valence-electron chi connectivity index (χ2n) is 6.91. The molecule has 0 spiro atoms. The Bertz CT molecular complexity index is 1120. The van der Waals surface area contributed by atoms with E-state index in [1.165, 1.54) is 11.8 Å². The number of benzene rings is 3. The Kier molecular flexibility index (Phi) is 6.66. The van der Waals surface area contributed by atoms with Crippen LogP contribution in [-0.2, 0) is 4.79 Å². The largest absolute Gasteiger partial charge is 0.332 e. The minimum absolute atomic E-state index is 0.165. The predicted molar refractivity (Wildman–Crippen MR) is 130 cm³/mol. The van der Waals surface area contributed by atoms with Crippen LogP contribution in [0.3, 0.4) is 0 Å². The van der Waals surface area contributed by atoms with Crippen LogP contribution in [0.15, 0.2) is 84.0 Å². The summed E-state index contributed by atoms with van der Waals surface area (Å²) in [5.41, 5.74) is 4.37. The first-order valence-electron chi connectivity index (χ1n) is 9.64. The molecule has 156 valence electrons. The summed E-state index contributed by atoms with van der Waals surface area (Å²) in [5, 5.41) is 4.07. The van der Waals surface area contributed by atoms with E-state index in [1.54, 1.807) is 18.2 Å². The topological polar surface area (TPSA) is 57.8 Å². The van der Waals surface area contributed by atoms with E-state index in [1.807, 2.05) is 67.6 Å². The minimum Gasteiger partial charge on any atom is -0.332 e. The van der Waals surface area contributed by atoms with E-state index >= 15 is 0 Å². The summed E-state index contributed by atoms with van der Waals surface area (Å²) in [6, 6.07) is 25.0. The van der Waals surface area contributed by atoms with E-state index in [4.69, 9.17) is 28.2 Å². The minimum atomic E-state index is -0.392. The van der Waals surface area contributed by atoms with Gasteiger partial charge in [0, 0.05) is 26.9 Å². The van der Waals surface area contributed by atoms with E-state index in [-0.39, 0.29) is 5.91 Å². The van der Waals surface area contributed by atoms with Crippen molar-refractivity contribution in [2.75, 3.05) is 5.32 Å². The van der Waals surface area contributed by atoms with Crippen LogP contribution in [-0.4, -0.2) is 21.1 Å². The third-order valence-electron chi connectivity index (χ3n) is 4.58. The lowest BCUT2D eigenvalue weighted by molar-refractivity contribution is -0.115. The second-order valence-corrected chi connectivity index (χ2v) is 9.11. The molecule has 0 saturated heterocycles. The maximum Gasteiger partial charge on any atom is 0.237 e. The van der Waals surface area contributed by atoms with E-state index in [0.717, 1.165) is 22.5 Å². The average Bonchev–Trinajstić information content (AvgIpc) is 3.18. The summed E-state index contributed by atoms with van der Waals surface area (Å²) < 4.78 is 0. The SMILES string of the molecule is CC(Sc1nc(-c2ccccc2)c(-c2ccccc2)[nH]1)C(=O)Nc1cc(Cl)cc(Cl)c1. The van der Waals surface area contributed by atoms with Crippen molar-refractivity contribution in [3.63, 3.8) is 0 Å². The highest BCUT2D eigenvalue weighted by molar-refractivity contribution is 8.00. The van der Waals surface area contributed by atoms with Crippen molar-refractivity contribution in [3.8, 4) is 22.5 Å². The van der Waals surface area contributed by atoms with Crippen molar-refractivity contribution >= 4 is 46.6 Å². The van der Waals surface area contributed by atoms with Crippen LogP contribution in [0.4, 0.5) is 5.69 Å². The maximum absolute atomic E-state index is 12.7. The first-order chi connectivity index (χ1) is 15.0. The summed E-state index contributed by atoms with van der Waals surface area (Å²) in [6.07, 6.45) is 0. The molecular weight excluding hydrogens is 449 g/mol. The van der Waals surface area contributed by atoms with Crippen LogP contribution >= 0.6 is 35.0 Å². The Morgan fingerprint density at radius 3 is 2.13 bits per heavy atom. The number of nitrogens with one attached hydrogen (secondary N) is 2. The number of aromatic amines is 1. The summed E-state index contributed by atoms with van der Waals surface area (Å²) >= 11 is 13.4. The van der Waals surface area contributed by atoms with Crippen LogP contribution < -0.4 is 5.32 Å². The first kappa shape index (κ1) is 21.5. The van der Waals surface area contributed by atoms with Crippen molar-refractivity contribution in [3.05, 3.63) is 88.9 Å². The fourth-order valence-electron chi connectivity index (χ4n) is 3.12. The Labute approximate surface area is 195 Å². The van der Waals surface area contributed by atoms with E-state index < -0.39 is 5.25 Å². The number of hydrogen-bond donors (Lipinski definition) is 2. The molecule has 4 aromatic rings. The lowest BCUT2D eigenvalue weighted by Crippen LogP contribution is -2.22. The van der Waals surface area contributed by atoms with Gasteiger partial charge in [-0.05, 0) is 25.1 Å². The second kappa shape index (κ2) is 9.60. The van der Waals surface area contributed by atoms with Gasteiger partial charge in [-0.2, -0.15) is 0 Å². The molecule has 4 rings (SSSR count). The number of halogens is 2. The van der Waals surface area contributed by atoms with Gasteiger partial charge in [0.1, 0.15) is 0 Å². The smallest absolute Gasteiger partial charge is 0.237 e. The molecule has 4 nitrogen and oxygen atoms in total. The third kappa shape index (κ3) is 5.31. The highest BCUT2D eigenvalue weighted by Gasteiger charge is 2.20. The first-order valence-corrected chi connectivity index (χ1v) is 11.3. The fraction of sp³-hybridized carbons (Fsp3) is 0.0833. The Morgan fingerprint density at radius 1 is 0.935 bits per heavy atom. The van der Waals surface area contributed by atoms with Crippen molar-refractivity contribution in [2.45, 2.75) is 17.3 Å². The molecule has 1 amide bonds. The van der Waals surface area contributed by atoms with Gasteiger partial charge in [-0.3, -0.25) is 4.79 Å². The van der Waals surface area contributed by atoms with E-state index in [0.29, 0.717) is 20.9 Å². The zero-order chi connectivity index (χ0) is 21.8. The van der Waals surface area contributed by atoms with E-state index in [9.17, 15) is 4.79 Å². The number of carbonyl (C=O) groups is 1. The number of H-pyrrole nitrogens is 1. The number of anilines is 1. The van der Waals surface area contributed by atoms with Crippen LogP contribution in [0.2, 0.25) is 10.0 Å². The van der Waals surface area contributed by atoms with Gasteiger partial charge in [-0.15, -0.1) is 0 Å². The normalized spacial score (nSPS) is 11.8. The van der Waals surface area contributed by atoms with Gasteiger partial charge in [0.05, 0.1) is 16.6 Å². The Hall–Kier alpha value is -2.73. The van der Waals surface area contributed by atoms with Gasteiger partial charge in [0.2, 0.25) is 5.91 Å². The van der Waals surface area contributed by atoms with Crippen LogP contribution in [0.1, 0.15) is 6.92 Å². The van der Waals surface area contributed by atoms with Gasteiger partial charge in [-0.1, -0.05) is 95.6 Å². The van der Waals surface area contributed by atoms with Gasteiger partial charge in [0.25, 0.3) is 0 Å². The Morgan fingerprint density at radius 2 is 1.52 bits per heavy atom. The zero-order valence-electron chi connectivity index (χ0n) is 16.6. The predicted octanol–water partition coefficient (Wildman–Crippen LogP) is 7.17. The molecule has 0 bridgehead atoms. The van der Waals surface area contributed by atoms with Crippen LogP contribution in [0.25, 0.3) is 22.5 Å². The molecule has 0 fully saturated rings. The molecule has 0 radical (unpaired) electrons. The molecule has 0 aliphatic carbocycles. The molecule has 0 aliphatic rings. The number of nitrogens with zero attached hydrogens (tertiary/aromatic N) is 1. The number of thioether (sulfide) groups is 1. The van der Waals surface area contributed by atoms with Crippen molar-refractivity contribution in [1.82, 2.24) is 9.97 Å². The standard InChI is InChI=1S/C24H19Cl2N3OS/c1-15(23(30)27-20-13-18(25)12-19(26)14-20)31-24-28-21(16-8-4-2-5-9-16)22(29-24)17-10-6-3-7-11-17/h2-15H,1H3,(H,27,30)(H,28,29). The van der Waals surface area contributed by atoms with Gasteiger partial charge >= 0.3 is 0 Å². The van der Waals surface area contributed by atoms with Crippen molar-refractivity contribution < 1.29 is 4.79 Å². The summed E-state index contributed by atoms with van der Waals surface area (Å²) in [5.74, 6) is -0.165. The molecule has 31 heavy (non-hydrogen) atoms. The summed E-state index contributed by atoms with van der Waals surface area (Å²) in [4.78, 5) is 20.9. The number of hydrogen-bond acceptors (Lipinski definition) is 3. The fourth-order valence-corrected chi connectivity index (χ4v) is 4.45. The molecule has 1 heterocycles. The summed E-state index contributed by atoms with van der Waals surface area (Å²) in [6.45, 7) is 1.83. The number of amides is 1. The molecule has 0 aliphatic heterocycles. The molecule has 1 unspecified atom stereocenters. The van der Waals surface area contributed by atoms with Gasteiger partial charge in [0.15, 0.2) is 5.16 Å². The van der Waals surface area contributed by atoms with Crippen molar-refractivity contribution in [2.24, 2.45) is 0 Å². The van der Waals surface area contributed by atoms with Gasteiger partial charge < -0.3 is 10.3 Å². The molecule has 1 aromatic heterocycles. The maximum atomic E-state index is 12.7. The zero-order valence-corrected chi connectivity index (χ0v) is 18.9. The lowest BCUT2D eigenvalue weighted by atomic mass is 10.1. The molecule has 7 heteroatoms. The molecule has 3 aromatic carbocycles. The van der Waals surface area contributed by atoms with Crippen molar-refractivity contribution in [1.29, 1.82) is 0 Å². The lowest BCUT2D eigenvalue weighted by Gasteiger charge is -2.11. The van der Waals surface area contributed by atoms with Gasteiger partial charge in [-0.25, -0.2) is 4.98 Å². The number of imidazole rings is 1.